The van der Waals surface area contributed by atoms with Gasteiger partial charge in [0.2, 0.25) is 0 Å². The van der Waals surface area contributed by atoms with Gasteiger partial charge in [0.15, 0.2) is 0 Å². The second-order valence-electron chi connectivity index (χ2n) is 3.83. The number of non-ortho nitro benzene ring substituents is 1. The Labute approximate surface area is 118 Å². The van der Waals surface area contributed by atoms with E-state index in [1.165, 1.54) is 24.5 Å². The van der Waals surface area contributed by atoms with Crippen LogP contribution < -0.4 is 5.32 Å². The van der Waals surface area contributed by atoms with Gasteiger partial charge in [-0.15, -0.1) is 0 Å². The van der Waals surface area contributed by atoms with Gasteiger partial charge in [0, 0.05) is 18.7 Å². The molecule has 0 aliphatic carbocycles. The smallest absolute Gasteiger partial charge is 0.271 e. The van der Waals surface area contributed by atoms with Gasteiger partial charge in [-0.25, -0.2) is 4.98 Å². The summed E-state index contributed by atoms with van der Waals surface area (Å²) in [5.74, 6) is -0.418. The topological polar surface area (TPSA) is 98.0 Å². The van der Waals surface area contributed by atoms with Crippen LogP contribution >= 0.6 is 11.6 Å². The van der Waals surface area contributed by atoms with E-state index in [0.717, 1.165) is 5.56 Å². The number of nitrogens with one attached hydrogen (secondary N) is 1. The minimum atomic E-state index is -0.482. The fraction of sp³-hybridized carbons (Fsp3) is 0.0833. The summed E-state index contributed by atoms with van der Waals surface area (Å²) in [6, 6.07) is 5.89. The number of hydrogen-bond donors (Lipinski definition) is 1. The first kappa shape index (κ1) is 13.9. The van der Waals surface area contributed by atoms with Gasteiger partial charge in [-0.05, 0) is 5.56 Å². The molecule has 102 valence electrons. The van der Waals surface area contributed by atoms with Gasteiger partial charge in [0.05, 0.1) is 17.3 Å². The highest BCUT2D eigenvalue weighted by molar-refractivity contribution is 6.29. The van der Waals surface area contributed by atoms with E-state index in [1.54, 1.807) is 12.1 Å². The molecule has 2 aromatic rings. The predicted octanol–water partition coefficient (Wildman–Crippen LogP) is 1.97. The molecule has 1 heterocycles. The Morgan fingerprint density at radius 2 is 2.00 bits per heavy atom. The fourth-order valence-electron chi connectivity index (χ4n) is 1.46. The Kier molecular flexibility index (Phi) is 4.21. The minimum absolute atomic E-state index is 0.000726. The van der Waals surface area contributed by atoms with Crippen molar-refractivity contribution >= 4 is 23.2 Å². The third-order valence-corrected chi connectivity index (χ3v) is 2.62. The van der Waals surface area contributed by atoms with Gasteiger partial charge in [-0.2, -0.15) is 0 Å². The SMILES string of the molecule is O=C(NCc1ccc([N+](=O)[O-])cc1)c1cncc(Cl)n1. The summed E-state index contributed by atoms with van der Waals surface area (Å²) in [4.78, 5) is 29.4. The van der Waals surface area contributed by atoms with Crippen LogP contribution in [0, 0.1) is 10.1 Å². The second kappa shape index (κ2) is 6.07. The summed E-state index contributed by atoms with van der Waals surface area (Å²) in [5.41, 5.74) is 0.846. The number of nitrogens with zero attached hydrogens (tertiary/aromatic N) is 3. The van der Waals surface area contributed by atoms with E-state index in [0.29, 0.717) is 0 Å². The van der Waals surface area contributed by atoms with Crippen molar-refractivity contribution < 1.29 is 9.72 Å². The van der Waals surface area contributed by atoms with Crippen LogP contribution in [0.2, 0.25) is 5.15 Å². The van der Waals surface area contributed by atoms with Crippen molar-refractivity contribution in [3.05, 3.63) is 63.2 Å². The zero-order valence-corrected chi connectivity index (χ0v) is 10.9. The van der Waals surface area contributed by atoms with E-state index >= 15 is 0 Å². The first-order valence-corrected chi connectivity index (χ1v) is 5.93. The molecule has 0 saturated carbocycles. The van der Waals surface area contributed by atoms with Crippen molar-refractivity contribution in [3.8, 4) is 0 Å². The molecule has 1 aromatic carbocycles. The third-order valence-electron chi connectivity index (χ3n) is 2.44. The number of carbonyl (C=O) groups excluding carboxylic acids is 1. The number of benzene rings is 1. The lowest BCUT2D eigenvalue weighted by atomic mass is 10.2. The van der Waals surface area contributed by atoms with Crippen LogP contribution in [0.15, 0.2) is 36.7 Å². The van der Waals surface area contributed by atoms with Gasteiger partial charge < -0.3 is 5.32 Å². The Morgan fingerprint density at radius 1 is 1.30 bits per heavy atom. The molecule has 0 saturated heterocycles. The van der Waals surface area contributed by atoms with Crippen molar-refractivity contribution in [3.63, 3.8) is 0 Å². The number of rotatable bonds is 4. The molecular formula is C12H9ClN4O3. The van der Waals surface area contributed by atoms with Gasteiger partial charge in [0.25, 0.3) is 11.6 Å². The molecule has 1 N–H and O–H groups in total. The van der Waals surface area contributed by atoms with Crippen molar-refractivity contribution in [1.82, 2.24) is 15.3 Å². The zero-order valence-electron chi connectivity index (χ0n) is 10.1. The number of aromatic nitrogens is 2. The van der Waals surface area contributed by atoms with Crippen molar-refractivity contribution in [2.75, 3.05) is 0 Å². The Bertz CT molecular complexity index is 645. The first-order chi connectivity index (χ1) is 9.56. The van der Waals surface area contributed by atoms with Gasteiger partial charge in [0.1, 0.15) is 10.8 Å². The number of nitro benzene ring substituents is 1. The van der Waals surface area contributed by atoms with E-state index in [4.69, 9.17) is 11.6 Å². The molecule has 0 unspecified atom stereocenters. The second-order valence-corrected chi connectivity index (χ2v) is 4.22. The molecule has 2 rings (SSSR count). The average molecular weight is 293 g/mol. The van der Waals surface area contributed by atoms with Gasteiger partial charge in [-0.1, -0.05) is 23.7 Å². The zero-order chi connectivity index (χ0) is 14.5. The summed E-state index contributed by atoms with van der Waals surface area (Å²) >= 11 is 5.64. The number of halogens is 1. The van der Waals surface area contributed by atoms with E-state index in [-0.39, 0.29) is 23.1 Å². The molecule has 0 atom stereocenters. The Balaban J connectivity index is 1.98. The van der Waals surface area contributed by atoms with Gasteiger partial charge >= 0.3 is 0 Å². The fourth-order valence-corrected chi connectivity index (χ4v) is 1.61. The van der Waals surface area contributed by atoms with E-state index in [2.05, 4.69) is 15.3 Å². The van der Waals surface area contributed by atoms with Gasteiger partial charge in [-0.3, -0.25) is 19.9 Å². The summed E-state index contributed by atoms with van der Waals surface area (Å²) in [7, 11) is 0. The maximum atomic E-state index is 11.8. The molecule has 0 aliphatic heterocycles. The monoisotopic (exact) mass is 292 g/mol. The molecule has 1 aromatic heterocycles. The molecule has 0 aliphatic rings. The maximum Gasteiger partial charge on any atom is 0.271 e. The van der Waals surface area contributed by atoms with E-state index in [9.17, 15) is 14.9 Å². The van der Waals surface area contributed by atoms with Crippen LogP contribution in [0.5, 0.6) is 0 Å². The Morgan fingerprint density at radius 3 is 2.60 bits per heavy atom. The predicted molar refractivity (Wildman–Crippen MR) is 71.3 cm³/mol. The third kappa shape index (κ3) is 3.48. The Hall–Kier alpha value is -2.54. The minimum Gasteiger partial charge on any atom is -0.347 e. The maximum absolute atomic E-state index is 11.8. The normalized spacial score (nSPS) is 10.1. The highest BCUT2D eigenvalue weighted by atomic mass is 35.5. The average Bonchev–Trinajstić information content (AvgIpc) is 2.45. The first-order valence-electron chi connectivity index (χ1n) is 5.55. The van der Waals surface area contributed by atoms with Crippen LogP contribution in [0.4, 0.5) is 5.69 Å². The number of hydrogen-bond acceptors (Lipinski definition) is 5. The molecule has 0 bridgehead atoms. The number of carbonyl (C=O) groups is 1. The summed E-state index contributed by atoms with van der Waals surface area (Å²) in [6.45, 7) is 0.227. The highest BCUT2D eigenvalue weighted by Gasteiger charge is 2.09. The lowest BCUT2D eigenvalue weighted by molar-refractivity contribution is -0.384. The lowest BCUT2D eigenvalue weighted by Gasteiger charge is -2.04. The van der Waals surface area contributed by atoms with Crippen LogP contribution in [-0.4, -0.2) is 20.8 Å². The van der Waals surface area contributed by atoms with E-state index < -0.39 is 10.8 Å². The quantitative estimate of drug-likeness (QED) is 0.686. The van der Waals surface area contributed by atoms with Crippen molar-refractivity contribution in [2.24, 2.45) is 0 Å². The van der Waals surface area contributed by atoms with Crippen LogP contribution in [-0.2, 0) is 6.54 Å². The molecule has 1 amide bonds. The number of amides is 1. The molecule has 0 radical (unpaired) electrons. The van der Waals surface area contributed by atoms with E-state index in [1.807, 2.05) is 0 Å². The summed E-state index contributed by atoms with van der Waals surface area (Å²) in [5, 5.41) is 13.3. The van der Waals surface area contributed by atoms with Crippen molar-refractivity contribution in [1.29, 1.82) is 0 Å². The van der Waals surface area contributed by atoms with Crippen LogP contribution in [0.25, 0.3) is 0 Å². The molecular weight excluding hydrogens is 284 g/mol. The molecule has 0 spiro atoms. The van der Waals surface area contributed by atoms with Crippen LogP contribution in [0.1, 0.15) is 16.1 Å². The van der Waals surface area contributed by atoms with Crippen LogP contribution in [0.3, 0.4) is 0 Å². The largest absolute Gasteiger partial charge is 0.347 e. The van der Waals surface area contributed by atoms with Crippen molar-refractivity contribution in [2.45, 2.75) is 6.54 Å². The molecule has 8 heteroatoms. The standard InChI is InChI=1S/C12H9ClN4O3/c13-11-7-14-6-10(16-11)12(18)15-5-8-1-3-9(4-2-8)17(19)20/h1-4,6-7H,5H2,(H,15,18). The number of nitro groups is 1. The molecule has 0 fully saturated rings. The molecule has 20 heavy (non-hydrogen) atoms. The molecule has 7 nitrogen and oxygen atoms in total. The highest BCUT2D eigenvalue weighted by Crippen LogP contribution is 2.11. The summed E-state index contributed by atoms with van der Waals surface area (Å²) < 4.78 is 0. The summed E-state index contributed by atoms with van der Waals surface area (Å²) in [6.07, 6.45) is 2.63. The lowest BCUT2D eigenvalue weighted by Crippen LogP contribution is -2.24.